The smallest absolute Gasteiger partial charge is 0.229 e. The monoisotopic (exact) mass is 444 g/mol. The lowest BCUT2D eigenvalue weighted by Gasteiger charge is -2.14. The largest absolute Gasteiger partial charge is 0.394 e. The van der Waals surface area contributed by atoms with Crippen molar-refractivity contribution in [3.05, 3.63) is 45.0 Å². The van der Waals surface area contributed by atoms with Crippen molar-refractivity contribution in [1.29, 1.82) is 0 Å². The van der Waals surface area contributed by atoms with E-state index in [1.807, 2.05) is 0 Å². The van der Waals surface area contributed by atoms with Crippen LogP contribution in [0.1, 0.15) is 6.92 Å². The van der Waals surface area contributed by atoms with Crippen LogP contribution < -0.4 is 10.6 Å². The molecule has 0 aliphatic rings. The van der Waals surface area contributed by atoms with Crippen LogP contribution in [0.2, 0.25) is 0 Å². The average Bonchev–Trinajstić information content (AvgIpc) is 2.57. The van der Waals surface area contributed by atoms with Crippen molar-refractivity contribution in [3.63, 3.8) is 0 Å². The summed E-state index contributed by atoms with van der Waals surface area (Å²) < 4.78 is 16.0. The third kappa shape index (κ3) is 5.34. The maximum Gasteiger partial charge on any atom is 0.229 e. The van der Waals surface area contributed by atoms with E-state index in [1.165, 1.54) is 24.6 Å². The van der Waals surface area contributed by atoms with Crippen molar-refractivity contribution >= 4 is 43.1 Å². The second kappa shape index (κ2) is 8.38. The summed E-state index contributed by atoms with van der Waals surface area (Å²) in [6.45, 7) is 1.73. The highest BCUT2D eigenvalue weighted by atomic mass is 79.9. The number of nitrogens with one attached hydrogen (secondary N) is 2. The van der Waals surface area contributed by atoms with Crippen molar-refractivity contribution in [2.24, 2.45) is 4.47 Å². The van der Waals surface area contributed by atoms with Crippen LogP contribution >= 0.6 is 15.9 Å². The summed E-state index contributed by atoms with van der Waals surface area (Å²) in [6.07, 6.45) is 2.74. The molecule has 12 heteroatoms. The number of aromatic nitrogens is 2. The lowest BCUT2D eigenvalue weighted by atomic mass is 10.3. The molecule has 1 heterocycles. The molecule has 140 valence electrons. The summed E-state index contributed by atoms with van der Waals surface area (Å²) in [6, 6.07) is 6.07. The molecular weight excluding hydrogens is 428 g/mol. The first kappa shape index (κ1) is 20.0. The van der Waals surface area contributed by atoms with E-state index in [0.717, 1.165) is 0 Å². The van der Waals surface area contributed by atoms with Gasteiger partial charge in [0.2, 0.25) is 5.95 Å². The summed E-state index contributed by atoms with van der Waals surface area (Å²) in [5, 5.41) is 24.7. The van der Waals surface area contributed by atoms with Crippen molar-refractivity contribution in [2.75, 3.05) is 23.5 Å². The standard InChI is InChI=1S/C14H17BrN6O4S/c1-9(8-22)17-13-12(15)7-16-14(19-13)18-10-4-3-5-11(6-10)26(2,25)20-21(23)24/h3-7,9,22H,8H2,1-2H3,(H2,16,17,18,19)/t9-,26?/m1/s1. The molecule has 1 aromatic carbocycles. The van der Waals surface area contributed by atoms with Crippen molar-refractivity contribution in [3.8, 4) is 0 Å². The van der Waals surface area contributed by atoms with Crippen LogP contribution in [0.25, 0.3) is 0 Å². The Balaban J connectivity index is 2.30. The predicted molar refractivity (Wildman–Crippen MR) is 101 cm³/mol. The molecule has 2 rings (SSSR count). The molecule has 3 N–H and O–H groups in total. The van der Waals surface area contributed by atoms with E-state index in [1.54, 1.807) is 19.1 Å². The van der Waals surface area contributed by atoms with Gasteiger partial charge >= 0.3 is 0 Å². The fourth-order valence-corrected chi connectivity index (χ4v) is 3.25. The molecule has 0 amide bonds. The number of nitro groups is 1. The van der Waals surface area contributed by atoms with Gasteiger partial charge in [0, 0.05) is 24.2 Å². The summed E-state index contributed by atoms with van der Waals surface area (Å²) >= 11 is 3.32. The molecule has 2 atom stereocenters. The molecule has 0 saturated carbocycles. The summed E-state index contributed by atoms with van der Waals surface area (Å²) in [5.41, 5.74) is 0.499. The van der Waals surface area contributed by atoms with Crippen LogP contribution in [0.5, 0.6) is 0 Å². The second-order valence-electron chi connectivity index (χ2n) is 5.39. The molecule has 2 aromatic rings. The number of hydrogen-bond donors (Lipinski definition) is 3. The van der Waals surface area contributed by atoms with Crippen LogP contribution in [0.15, 0.2) is 44.3 Å². The number of nitrogens with zero attached hydrogens (tertiary/aromatic N) is 4. The Labute approximate surface area is 158 Å². The van der Waals surface area contributed by atoms with E-state index in [4.69, 9.17) is 5.11 Å². The molecule has 0 aliphatic carbocycles. The normalized spacial score (nSPS) is 14.2. The maximum atomic E-state index is 12.3. The summed E-state index contributed by atoms with van der Waals surface area (Å²) in [5.74, 6) is 0.745. The summed E-state index contributed by atoms with van der Waals surface area (Å²) in [7, 11) is -3.16. The van der Waals surface area contributed by atoms with Crippen LogP contribution in [0.3, 0.4) is 0 Å². The number of anilines is 3. The number of benzene rings is 1. The van der Waals surface area contributed by atoms with Crippen molar-refractivity contribution in [2.45, 2.75) is 17.9 Å². The lowest BCUT2D eigenvalue weighted by Crippen LogP contribution is -2.20. The van der Waals surface area contributed by atoms with Crippen LogP contribution in [-0.2, 0) is 9.73 Å². The zero-order chi connectivity index (χ0) is 19.3. The maximum absolute atomic E-state index is 12.3. The Morgan fingerprint density at radius 1 is 1.50 bits per heavy atom. The molecule has 0 aliphatic heterocycles. The minimum atomic E-state index is -3.16. The number of aliphatic hydroxyl groups is 1. The van der Waals surface area contributed by atoms with Crippen LogP contribution in [0, 0.1) is 10.1 Å². The first-order chi connectivity index (χ1) is 12.2. The van der Waals surface area contributed by atoms with E-state index in [9.17, 15) is 14.3 Å². The van der Waals surface area contributed by atoms with Crippen LogP contribution in [0.4, 0.5) is 17.5 Å². The van der Waals surface area contributed by atoms with E-state index in [2.05, 4.69) is 41.0 Å². The second-order valence-corrected chi connectivity index (χ2v) is 8.49. The topological polar surface area (TPSA) is 143 Å². The van der Waals surface area contributed by atoms with Crippen LogP contribution in [-0.4, -0.2) is 43.2 Å². The zero-order valence-corrected chi connectivity index (χ0v) is 16.3. The molecule has 0 radical (unpaired) electrons. The van der Waals surface area contributed by atoms with Gasteiger partial charge in [-0.2, -0.15) is 4.98 Å². The Bertz CT molecular complexity index is 931. The minimum Gasteiger partial charge on any atom is -0.394 e. The molecule has 1 unspecified atom stereocenters. The van der Waals surface area contributed by atoms with Gasteiger partial charge in [-0.25, -0.2) is 19.3 Å². The van der Waals surface area contributed by atoms with Crippen molar-refractivity contribution < 1.29 is 14.3 Å². The molecule has 26 heavy (non-hydrogen) atoms. The lowest BCUT2D eigenvalue weighted by molar-refractivity contribution is -0.482. The van der Waals surface area contributed by atoms with Gasteiger partial charge in [0.1, 0.15) is 20.0 Å². The Morgan fingerprint density at radius 2 is 2.23 bits per heavy atom. The molecule has 0 spiro atoms. The highest BCUT2D eigenvalue weighted by Gasteiger charge is 2.13. The molecule has 10 nitrogen and oxygen atoms in total. The van der Waals surface area contributed by atoms with E-state index in [-0.39, 0.29) is 23.5 Å². The highest BCUT2D eigenvalue weighted by Crippen LogP contribution is 2.24. The predicted octanol–water partition coefficient (Wildman–Crippen LogP) is 2.42. The fraction of sp³-hybridized carbons (Fsp3) is 0.286. The van der Waals surface area contributed by atoms with Gasteiger partial charge in [0.25, 0.3) is 0 Å². The zero-order valence-electron chi connectivity index (χ0n) is 13.9. The number of aliphatic hydroxyl groups excluding tert-OH is 1. The van der Waals surface area contributed by atoms with E-state index < -0.39 is 14.8 Å². The number of rotatable bonds is 7. The molecular formula is C14H17BrN6O4S. The third-order valence-corrected chi connectivity index (χ3v) is 5.30. The SMILES string of the molecule is C[C@H](CO)Nc1nc(Nc2cccc(S(C)(=O)=N[N+](=O)[O-])c2)ncc1Br. The number of hydrogen-bond acceptors (Lipinski definition) is 8. The van der Waals surface area contributed by atoms with Gasteiger partial charge in [-0.15, -0.1) is 0 Å². The van der Waals surface area contributed by atoms with Gasteiger partial charge in [0.15, 0.2) is 5.03 Å². The van der Waals surface area contributed by atoms with Gasteiger partial charge in [0.05, 0.1) is 16.0 Å². The molecule has 0 fully saturated rings. The Hall–Kier alpha value is -2.31. The minimum absolute atomic E-state index is 0.0634. The Morgan fingerprint density at radius 3 is 2.88 bits per heavy atom. The van der Waals surface area contributed by atoms with E-state index in [0.29, 0.717) is 16.0 Å². The quantitative estimate of drug-likeness (QED) is 0.436. The molecule has 1 aromatic heterocycles. The third-order valence-electron chi connectivity index (χ3n) is 3.15. The fourth-order valence-electron chi connectivity index (χ4n) is 1.92. The van der Waals surface area contributed by atoms with Gasteiger partial charge in [-0.3, -0.25) is 0 Å². The molecule has 0 bridgehead atoms. The average molecular weight is 445 g/mol. The summed E-state index contributed by atoms with van der Waals surface area (Å²) in [4.78, 5) is 19.2. The number of halogens is 1. The van der Waals surface area contributed by atoms with Gasteiger partial charge in [-0.1, -0.05) is 6.07 Å². The molecule has 0 saturated heterocycles. The first-order valence-electron chi connectivity index (χ1n) is 7.35. The van der Waals surface area contributed by atoms with Gasteiger partial charge < -0.3 is 15.7 Å². The Kier molecular flexibility index (Phi) is 6.45. The van der Waals surface area contributed by atoms with Gasteiger partial charge in [-0.05, 0) is 41.1 Å². The van der Waals surface area contributed by atoms with E-state index >= 15 is 0 Å². The highest BCUT2D eigenvalue weighted by molar-refractivity contribution is 9.10. The first-order valence-corrected chi connectivity index (χ1v) is 10.1. The van der Waals surface area contributed by atoms with Crippen molar-refractivity contribution in [1.82, 2.24) is 9.97 Å².